The van der Waals surface area contributed by atoms with Crippen molar-refractivity contribution in [1.29, 1.82) is 5.26 Å². The van der Waals surface area contributed by atoms with Crippen molar-refractivity contribution < 1.29 is 28.5 Å². The third kappa shape index (κ3) is 7.06. The van der Waals surface area contributed by atoms with Crippen LogP contribution in [-0.2, 0) is 19.1 Å². The first-order valence-electron chi connectivity index (χ1n) is 9.64. The molecule has 0 saturated carbocycles. The molecule has 0 aliphatic carbocycles. The van der Waals surface area contributed by atoms with E-state index in [9.17, 15) is 14.9 Å². The maximum Gasteiger partial charge on any atom is 0.261 e. The summed E-state index contributed by atoms with van der Waals surface area (Å²) in [5.74, 6) is 0.223. The van der Waals surface area contributed by atoms with Gasteiger partial charge in [-0.05, 0) is 30.2 Å². The van der Waals surface area contributed by atoms with Crippen molar-refractivity contribution in [2.45, 2.75) is 6.42 Å². The minimum absolute atomic E-state index is 0.0226. The van der Waals surface area contributed by atoms with Crippen LogP contribution in [0.15, 0.2) is 23.8 Å². The van der Waals surface area contributed by atoms with Gasteiger partial charge in [0.1, 0.15) is 11.6 Å². The number of carbonyl (C=O) groups is 2. The topological polar surface area (TPSA) is 110 Å². The van der Waals surface area contributed by atoms with E-state index in [1.165, 1.54) is 13.2 Å². The first-order valence-corrected chi connectivity index (χ1v) is 9.64. The second-order valence-electron chi connectivity index (χ2n) is 6.46. The molecule has 0 bridgehead atoms. The number of nitriles is 1. The highest BCUT2D eigenvalue weighted by atomic mass is 16.5. The van der Waals surface area contributed by atoms with Gasteiger partial charge >= 0.3 is 0 Å². The Labute approximate surface area is 176 Å². The van der Waals surface area contributed by atoms with Gasteiger partial charge in [-0.3, -0.25) is 9.59 Å². The molecule has 0 unspecified atom stereocenters. The summed E-state index contributed by atoms with van der Waals surface area (Å²) in [6.45, 7) is 2.98. The molecule has 0 radical (unpaired) electrons. The van der Waals surface area contributed by atoms with E-state index in [4.69, 9.17) is 18.9 Å². The molecule has 1 heterocycles. The normalized spacial score (nSPS) is 14.0. The number of morpholine rings is 1. The summed E-state index contributed by atoms with van der Waals surface area (Å²) >= 11 is 0. The van der Waals surface area contributed by atoms with Gasteiger partial charge in [-0.2, -0.15) is 5.26 Å². The van der Waals surface area contributed by atoms with Gasteiger partial charge in [-0.1, -0.05) is 6.07 Å². The Morgan fingerprint density at radius 3 is 2.70 bits per heavy atom. The van der Waals surface area contributed by atoms with Crippen LogP contribution in [0.5, 0.6) is 11.5 Å². The minimum atomic E-state index is -0.455. The Kier molecular flexibility index (Phi) is 9.64. The van der Waals surface area contributed by atoms with E-state index in [0.29, 0.717) is 62.9 Å². The fraction of sp³-hybridized carbons (Fsp3) is 0.476. The molecule has 1 saturated heterocycles. The summed E-state index contributed by atoms with van der Waals surface area (Å²) in [6, 6.07) is 6.88. The van der Waals surface area contributed by atoms with Crippen LogP contribution in [0, 0.1) is 11.3 Å². The minimum Gasteiger partial charge on any atom is -0.493 e. The first-order chi connectivity index (χ1) is 14.6. The Bertz CT molecular complexity index is 796. The monoisotopic (exact) mass is 417 g/mol. The lowest BCUT2D eigenvalue weighted by Crippen LogP contribution is -2.43. The molecule has 9 nitrogen and oxygen atoms in total. The van der Waals surface area contributed by atoms with Crippen molar-refractivity contribution in [3.05, 3.63) is 29.3 Å². The van der Waals surface area contributed by atoms with E-state index >= 15 is 0 Å². The van der Waals surface area contributed by atoms with Crippen molar-refractivity contribution in [3.8, 4) is 17.6 Å². The van der Waals surface area contributed by atoms with Crippen LogP contribution in [0.25, 0.3) is 6.08 Å². The van der Waals surface area contributed by atoms with Gasteiger partial charge in [-0.25, -0.2) is 0 Å². The molecule has 0 spiro atoms. The van der Waals surface area contributed by atoms with E-state index in [-0.39, 0.29) is 18.1 Å². The van der Waals surface area contributed by atoms with Crippen LogP contribution >= 0.6 is 0 Å². The summed E-state index contributed by atoms with van der Waals surface area (Å²) in [4.78, 5) is 26.1. The average Bonchev–Trinajstić information content (AvgIpc) is 2.79. The summed E-state index contributed by atoms with van der Waals surface area (Å²) in [5, 5.41) is 12.0. The molecule has 1 fully saturated rings. The molecular formula is C21H27N3O6. The van der Waals surface area contributed by atoms with Crippen molar-refractivity contribution in [1.82, 2.24) is 10.2 Å². The highest BCUT2D eigenvalue weighted by Crippen LogP contribution is 2.29. The second-order valence-corrected chi connectivity index (χ2v) is 6.46. The van der Waals surface area contributed by atoms with Gasteiger partial charge < -0.3 is 29.2 Å². The number of methoxy groups -OCH3 is 2. The maximum absolute atomic E-state index is 12.2. The van der Waals surface area contributed by atoms with Crippen LogP contribution in [0.4, 0.5) is 0 Å². The molecule has 0 aromatic heterocycles. The maximum atomic E-state index is 12.2. The van der Waals surface area contributed by atoms with E-state index in [1.54, 1.807) is 30.2 Å². The quantitative estimate of drug-likeness (QED) is 0.343. The van der Waals surface area contributed by atoms with Crippen molar-refractivity contribution in [2.24, 2.45) is 0 Å². The molecule has 1 aromatic carbocycles. The summed E-state index contributed by atoms with van der Waals surface area (Å²) in [5.41, 5.74) is 0.577. The molecule has 1 aromatic rings. The zero-order valence-electron chi connectivity index (χ0n) is 17.3. The van der Waals surface area contributed by atoms with Gasteiger partial charge in [0.25, 0.3) is 11.8 Å². The van der Waals surface area contributed by atoms with Crippen LogP contribution < -0.4 is 14.8 Å². The standard InChI is InChI=1S/C21H27N3O6/c1-27-9-3-6-23-21(26)17(14-22)12-16-4-5-18(19(13-16)28-2)30-15-20(25)24-7-10-29-11-8-24/h4-5,12-13H,3,6-11,15H2,1-2H3,(H,23,26)/b17-12+. The zero-order valence-corrected chi connectivity index (χ0v) is 17.3. The Hall–Kier alpha value is -3.09. The van der Waals surface area contributed by atoms with Crippen molar-refractivity contribution in [2.75, 3.05) is 60.3 Å². The van der Waals surface area contributed by atoms with Gasteiger partial charge in [0.2, 0.25) is 0 Å². The van der Waals surface area contributed by atoms with Crippen LogP contribution in [0.1, 0.15) is 12.0 Å². The molecule has 1 aliphatic heterocycles. The molecule has 30 heavy (non-hydrogen) atoms. The SMILES string of the molecule is COCCCNC(=O)/C(C#N)=C/c1ccc(OCC(=O)N2CCOCC2)c(OC)c1. The Morgan fingerprint density at radius 2 is 2.03 bits per heavy atom. The van der Waals surface area contributed by atoms with E-state index < -0.39 is 5.91 Å². The van der Waals surface area contributed by atoms with Gasteiger partial charge in [0, 0.05) is 33.4 Å². The fourth-order valence-corrected chi connectivity index (χ4v) is 2.77. The smallest absolute Gasteiger partial charge is 0.261 e. The molecule has 9 heteroatoms. The third-order valence-corrected chi connectivity index (χ3v) is 4.39. The van der Waals surface area contributed by atoms with Gasteiger partial charge in [0.05, 0.1) is 20.3 Å². The first kappa shape index (κ1) is 23.2. The largest absolute Gasteiger partial charge is 0.493 e. The van der Waals surface area contributed by atoms with Crippen LogP contribution in [0.2, 0.25) is 0 Å². The lowest BCUT2D eigenvalue weighted by atomic mass is 10.1. The summed E-state index contributed by atoms with van der Waals surface area (Å²) in [6.07, 6.45) is 2.13. The highest BCUT2D eigenvalue weighted by molar-refractivity contribution is 6.01. The van der Waals surface area contributed by atoms with Crippen molar-refractivity contribution >= 4 is 17.9 Å². The molecule has 162 valence electrons. The molecule has 1 N–H and O–H groups in total. The average molecular weight is 417 g/mol. The number of ether oxygens (including phenoxy) is 4. The number of benzene rings is 1. The van der Waals surface area contributed by atoms with E-state index in [2.05, 4.69) is 5.32 Å². The van der Waals surface area contributed by atoms with E-state index in [1.807, 2.05) is 6.07 Å². The lowest BCUT2D eigenvalue weighted by Gasteiger charge is -2.26. The van der Waals surface area contributed by atoms with Gasteiger partial charge in [-0.15, -0.1) is 0 Å². The van der Waals surface area contributed by atoms with Crippen LogP contribution in [0.3, 0.4) is 0 Å². The zero-order chi connectivity index (χ0) is 21.8. The second kappa shape index (κ2) is 12.5. The Morgan fingerprint density at radius 1 is 1.27 bits per heavy atom. The fourth-order valence-electron chi connectivity index (χ4n) is 2.77. The number of nitrogens with zero attached hydrogens (tertiary/aromatic N) is 2. The highest BCUT2D eigenvalue weighted by Gasteiger charge is 2.18. The number of hydrogen-bond donors (Lipinski definition) is 1. The molecule has 0 atom stereocenters. The molecule has 2 amide bonds. The number of hydrogen-bond acceptors (Lipinski definition) is 7. The number of carbonyl (C=O) groups excluding carboxylic acids is 2. The third-order valence-electron chi connectivity index (χ3n) is 4.39. The lowest BCUT2D eigenvalue weighted by molar-refractivity contribution is -0.137. The van der Waals surface area contributed by atoms with Crippen LogP contribution in [-0.4, -0.2) is 77.0 Å². The number of nitrogens with one attached hydrogen (secondary N) is 1. The van der Waals surface area contributed by atoms with Crippen molar-refractivity contribution in [3.63, 3.8) is 0 Å². The molecular weight excluding hydrogens is 390 g/mol. The number of amides is 2. The van der Waals surface area contributed by atoms with E-state index in [0.717, 1.165) is 0 Å². The number of rotatable bonds is 10. The predicted molar refractivity (Wildman–Crippen MR) is 109 cm³/mol. The van der Waals surface area contributed by atoms with Gasteiger partial charge in [0.15, 0.2) is 18.1 Å². The predicted octanol–water partition coefficient (Wildman–Crippen LogP) is 0.992. The summed E-state index contributed by atoms with van der Waals surface area (Å²) < 4.78 is 21.1. The summed E-state index contributed by atoms with van der Waals surface area (Å²) in [7, 11) is 3.06. The molecule has 2 rings (SSSR count). The molecule has 1 aliphatic rings. The Balaban J connectivity index is 2.01.